The molecule has 22 heavy (non-hydrogen) atoms. The van der Waals surface area contributed by atoms with E-state index in [4.69, 9.17) is 4.74 Å². The van der Waals surface area contributed by atoms with Crippen molar-refractivity contribution in [3.05, 3.63) is 60.2 Å². The molecule has 0 heterocycles. The van der Waals surface area contributed by atoms with Gasteiger partial charge in [-0.05, 0) is 67.8 Å². The Morgan fingerprint density at radius 1 is 0.682 bits per heavy atom. The molecule has 0 unspecified atom stereocenters. The first-order valence-electron chi connectivity index (χ1n) is 7.89. The number of ether oxygens (including phenoxy) is 1. The zero-order valence-electron chi connectivity index (χ0n) is 14.1. The van der Waals surface area contributed by atoms with Crippen LogP contribution in [0.3, 0.4) is 0 Å². The van der Waals surface area contributed by atoms with Gasteiger partial charge in [-0.1, -0.05) is 48.5 Å². The van der Waals surface area contributed by atoms with Crippen molar-refractivity contribution >= 4 is 21.5 Å². The maximum atomic E-state index is 6.43. The van der Waals surface area contributed by atoms with Gasteiger partial charge in [0.1, 0.15) is 0 Å². The molecule has 3 aromatic carbocycles. The smallest absolute Gasteiger partial charge is 0.0894 e. The summed E-state index contributed by atoms with van der Waals surface area (Å²) in [5.74, 6) is 0. The number of rotatable bonds is 2. The molecule has 0 saturated heterocycles. The van der Waals surface area contributed by atoms with Crippen LogP contribution in [-0.2, 0) is 10.3 Å². The SMILES string of the molecule is CC(C)(C)OC(C)(C)c1c2ccccc2cc2ccccc12. The van der Waals surface area contributed by atoms with Crippen LogP contribution >= 0.6 is 0 Å². The number of fused-ring (bicyclic) bond motifs is 2. The van der Waals surface area contributed by atoms with Crippen LogP contribution in [0.4, 0.5) is 0 Å². The van der Waals surface area contributed by atoms with E-state index < -0.39 is 0 Å². The second-order valence-corrected chi connectivity index (χ2v) is 7.42. The molecule has 114 valence electrons. The van der Waals surface area contributed by atoms with E-state index in [1.165, 1.54) is 27.1 Å². The minimum Gasteiger partial charge on any atom is -0.365 e. The summed E-state index contributed by atoms with van der Waals surface area (Å²) in [6.07, 6.45) is 0. The molecular formula is C21H24O. The van der Waals surface area contributed by atoms with Crippen LogP contribution in [0, 0.1) is 0 Å². The minimum atomic E-state index is -0.362. The van der Waals surface area contributed by atoms with Crippen LogP contribution in [0.1, 0.15) is 40.2 Å². The summed E-state index contributed by atoms with van der Waals surface area (Å²) < 4.78 is 6.43. The molecule has 3 aromatic rings. The fourth-order valence-electron chi connectivity index (χ4n) is 3.48. The van der Waals surface area contributed by atoms with Crippen molar-refractivity contribution in [2.45, 2.75) is 45.8 Å². The van der Waals surface area contributed by atoms with Gasteiger partial charge in [0.05, 0.1) is 11.2 Å². The molecule has 0 amide bonds. The summed E-state index contributed by atoms with van der Waals surface area (Å²) in [6, 6.07) is 19.4. The zero-order valence-corrected chi connectivity index (χ0v) is 14.1. The standard InChI is InChI=1S/C21H24O/c1-20(2,3)22-21(4,5)19-17-12-8-6-10-15(17)14-16-11-7-9-13-18(16)19/h6-14H,1-5H3. The van der Waals surface area contributed by atoms with Gasteiger partial charge >= 0.3 is 0 Å². The molecule has 3 rings (SSSR count). The molecule has 0 N–H and O–H groups in total. The van der Waals surface area contributed by atoms with Crippen LogP contribution in [0.15, 0.2) is 54.6 Å². The van der Waals surface area contributed by atoms with Gasteiger partial charge in [0, 0.05) is 0 Å². The average molecular weight is 292 g/mol. The first-order valence-corrected chi connectivity index (χ1v) is 7.89. The molecule has 0 aromatic heterocycles. The molecule has 0 aliphatic rings. The van der Waals surface area contributed by atoms with Crippen LogP contribution in [-0.4, -0.2) is 5.60 Å². The zero-order chi connectivity index (χ0) is 16.0. The lowest BCUT2D eigenvalue weighted by Gasteiger charge is -2.35. The van der Waals surface area contributed by atoms with Gasteiger partial charge in [-0.25, -0.2) is 0 Å². The molecule has 0 bridgehead atoms. The third-order valence-electron chi connectivity index (χ3n) is 3.93. The molecule has 1 heteroatoms. The Morgan fingerprint density at radius 2 is 1.14 bits per heavy atom. The molecule has 0 radical (unpaired) electrons. The second kappa shape index (κ2) is 5.10. The Hall–Kier alpha value is -1.86. The third kappa shape index (κ3) is 2.74. The monoisotopic (exact) mass is 292 g/mol. The summed E-state index contributed by atoms with van der Waals surface area (Å²) in [5, 5.41) is 5.08. The largest absolute Gasteiger partial charge is 0.365 e. The van der Waals surface area contributed by atoms with Crippen molar-refractivity contribution in [1.82, 2.24) is 0 Å². The van der Waals surface area contributed by atoms with Gasteiger partial charge in [0.25, 0.3) is 0 Å². The molecule has 0 aliphatic carbocycles. The summed E-state index contributed by atoms with van der Waals surface area (Å²) in [6.45, 7) is 10.7. The van der Waals surface area contributed by atoms with Gasteiger partial charge in [0.2, 0.25) is 0 Å². The maximum absolute atomic E-state index is 6.43. The summed E-state index contributed by atoms with van der Waals surface area (Å²) in [5.41, 5.74) is 0.719. The Balaban J connectivity index is 2.37. The highest BCUT2D eigenvalue weighted by atomic mass is 16.5. The molecule has 0 aliphatic heterocycles. The highest BCUT2D eigenvalue weighted by Crippen LogP contribution is 2.39. The highest BCUT2D eigenvalue weighted by molar-refractivity contribution is 6.02. The quantitative estimate of drug-likeness (QED) is 0.523. The number of hydrogen-bond acceptors (Lipinski definition) is 1. The van der Waals surface area contributed by atoms with Crippen molar-refractivity contribution < 1.29 is 4.74 Å². The fourth-order valence-corrected chi connectivity index (χ4v) is 3.48. The topological polar surface area (TPSA) is 9.23 Å². The molecule has 0 saturated carbocycles. The molecule has 0 spiro atoms. The third-order valence-corrected chi connectivity index (χ3v) is 3.93. The average Bonchev–Trinajstić information content (AvgIpc) is 2.41. The maximum Gasteiger partial charge on any atom is 0.0894 e. The van der Waals surface area contributed by atoms with Crippen LogP contribution in [0.5, 0.6) is 0 Å². The van der Waals surface area contributed by atoms with E-state index in [1.54, 1.807) is 0 Å². The summed E-state index contributed by atoms with van der Waals surface area (Å²) in [7, 11) is 0. The number of hydrogen-bond donors (Lipinski definition) is 0. The van der Waals surface area contributed by atoms with E-state index in [9.17, 15) is 0 Å². The second-order valence-electron chi connectivity index (χ2n) is 7.42. The summed E-state index contributed by atoms with van der Waals surface area (Å²) >= 11 is 0. The van der Waals surface area contributed by atoms with Gasteiger partial charge in [-0.2, -0.15) is 0 Å². The van der Waals surface area contributed by atoms with E-state index in [1.807, 2.05) is 0 Å². The predicted molar refractivity (Wildman–Crippen MR) is 95.3 cm³/mol. The molecule has 0 fully saturated rings. The van der Waals surface area contributed by atoms with Crippen molar-refractivity contribution in [1.29, 1.82) is 0 Å². The van der Waals surface area contributed by atoms with E-state index >= 15 is 0 Å². The van der Waals surface area contributed by atoms with Crippen LogP contribution in [0.2, 0.25) is 0 Å². The lowest BCUT2D eigenvalue weighted by atomic mass is 9.86. The summed E-state index contributed by atoms with van der Waals surface area (Å²) in [4.78, 5) is 0. The van der Waals surface area contributed by atoms with Gasteiger partial charge < -0.3 is 4.74 Å². The van der Waals surface area contributed by atoms with Crippen molar-refractivity contribution in [3.8, 4) is 0 Å². The highest BCUT2D eigenvalue weighted by Gasteiger charge is 2.30. The van der Waals surface area contributed by atoms with Crippen LogP contribution in [0.25, 0.3) is 21.5 Å². The Bertz CT molecular complexity index is 768. The normalized spacial score (nSPS) is 13.0. The predicted octanol–water partition coefficient (Wildman–Crippen LogP) is 6.04. The minimum absolute atomic E-state index is 0.193. The Labute approximate surface area is 132 Å². The lowest BCUT2D eigenvalue weighted by molar-refractivity contribution is -0.115. The Morgan fingerprint density at radius 3 is 1.59 bits per heavy atom. The van der Waals surface area contributed by atoms with E-state index in [0.717, 1.165) is 0 Å². The molecule has 1 nitrogen and oxygen atoms in total. The van der Waals surface area contributed by atoms with Crippen molar-refractivity contribution in [2.75, 3.05) is 0 Å². The van der Waals surface area contributed by atoms with E-state index in [-0.39, 0.29) is 11.2 Å². The van der Waals surface area contributed by atoms with Gasteiger partial charge in [-0.15, -0.1) is 0 Å². The van der Waals surface area contributed by atoms with Gasteiger partial charge in [-0.3, -0.25) is 0 Å². The molecular weight excluding hydrogens is 268 g/mol. The fraction of sp³-hybridized carbons (Fsp3) is 0.333. The van der Waals surface area contributed by atoms with E-state index in [0.29, 0.717) is 0 Å². The van der Waals surface area contributed by atoms with Gasteiger partial charge in [0.15, 0.2) is 0 Å². The first kappa shape index (κ1) is 15.1. The van der Waals surface area contributed by atoms with E-state index in [2.05, 4.69) is 89.2 Å². The molecule has 0 atom stereocenters. The van der Waals surface area contributed by atoms with Crippen molar-refractivity contribution in [3.63, 3.8) is 0 Å². The first-order chi connectivity index (χ1) is 10.3. The number of benzene rings is 3. The van der Waals surface area contributed by atoms with Crippen LogP contribution < -0.4 is 0 Å². The lowest BCUT2D eigenvalue weighted by Crippen LogP contribution is -2.33. The Kier molecular flexibility index (Phi) is 3.49. The van der Waals surface area contributed by atoms with Crippen molar-refractivity contribution in [2.24, 2.45) is 0 Å².